The van der Waals surface area contributed by atoms with Crippen molar-refractivity contribution in [2.45, 2.75) is 38.5 Å². The summed E-state index contributed by atoms with van der Waals surface area (Å²) in [5.41, 5.74) is 1.01. The lowest BCUT2D eigenvalue weighted by Crippen LogP contribution is -2.53. The van der Waals surface area contributed by atoms with Gasteiger partial charge in [-0.15, -0.1) is 11.3 Å². The molecule has 1 aromatic heterocycles. The first-order valence-corrected chi connectivity index (χ1v) is 9.45. The maximum Gasteiger partial charge on any atom is 0.237 e. The summed E-state index contributed by atoms with van der Waals surface area (Å²) in [6, 6.07) is 0.210. The second-order valence-corrected chi connectivity index (χ2v) is 8.07. The quantitative estimate of drug-likeness (QED) is 0.776. The van der Waals surface area contributed by atoms with E-state index in [0.717, 1.165) is 23.5 Å². The maximum atomic E-state index is 12.4. The van der Waals surface area contributed by atoms with E-state index in [1.807, 2.05) is 30.8 Å². The normalized spacial score (nSPS) is 26.8. The Morgan fingerprint density at radius 1 is 1.50 bits per heavy atom. The second kappa shape index (κ2) is 7.91. The van der Waals surface area contributed by atoms with Gasteiger partial charge in [0, 0.05) is 11.9 Å². The highest BCUT2D eigenvalue weighted by Gasteiger charge is 2.42. The van der Waals surface area contributed by atoms with Gasteiger partial charge in [0.1, 0.15) is 0 Å². The van der Waals surface area contributed by atoms with Crippen LogP contribution in [-0.2, 0) is 20.9 Å². The summed E-state index contributed by atoms with van der Waals surface area (Å²) in [6.07, 6.45) is 2.12. The van der Waals surface area contributed by atoms with Crippen molar-refractivity contribution in [3.8, 4) is 0 Å². The number of thiazole rings is 1. The van der Waals surface area contributed by atoms with E-state index in [0.29, 0.717) is 38.8 Å². The van der Waals surface area contributed by atoms with Crippen LogP contribution in [0.25, 0.3) is 0 Å². The maximum absolute atomic E-state index is 12.4. The molecule has 2 heterocycles. The molecule has 6 nitrogen and oxygen atoms in total. The molecule has 1 saturated carbocycles. The number of aryl methyl sites for hydroxylation is 1. The van der Waals surface area contributed by atoms with Gasteiger partial charge in [-0.25, -0.2) is 4.98 Å². The summed E-state index contributed by atoms with van der Waals surface area (Å²) in [4.78, 5) is 20.8. The number of rotatable bonds is 6. The fraction of sp³-hybridized carbons (Fsp3) is 0.765. The van der Waals surface area contributed by atoms with E-state index in [-0.39, 0.29) is 18.1 Å². The first-order chi connectivity index (χ1) is 11.5. The minimum absolute atomic E-state index is 0.167. The van der Waals surface area contributed by atoms with E-state index in [2.05, 4.69) is 10.4 Å². The number of morpholine rings is 1. The fourth-order valence-electron chi connectivity index (χ4n) is 3.66. The lowest BCUT2D eigenvalue weighted by atomic mass is 10.1. The van der Waals surface area contributed by atoms with E-state index in [1.54, 1.807) is 11.3 Å². The van der Waals surface area contributed by atoms with Crippen molar-refractivity contribution in [1.82, 2.24) is 14.8 Å². The van der Waals surface area contributed by atoms with Crippen molar-refractivity contribution in [2.24, 2.45) is 5.92 Å². The second-order valence-electron chi connectivity index (χ2n) is 7.01. The zero-order valence-corrected chi connectivity index (χ0v) is 15.6. The smallest absolute Gasteiger partial charge is 0.237 e. The summed E-state index contributed by atoms with van der Waals surface area (Å²) < 4.78 is 11.8. The van der Waals surface area contributed by atoms with Crippen LogP contribution in [0.5, 0.6) is 0 Å². The summed E-state index contributed by atoms with van der Waals surface area (Å²) in [5.74, 6) is 0.658. The van der Waals surface area contributed by atoms with E-state index in [4.69, 9.17) is 9.47 Å². The number of carbonyl (C=O) groups excluding carboxylic acids is 1. The highest BCUT2D eigenvalue weighted by molar-refractivity contribution is 7.09. The molecule has 1 aliphatic carbocycles. The molecule has 0 spiro atoms. The average molecular weight is 353 g/mol. The largest absolute Gasteiger partial charge is 0.375 e. The molecular weight excluding hydrogens is 326 g/mol. The highest BCUT2D eigenvalue weighted by atomic mass is 32.1. The third kappa shape index (κ3) is 4.33. The molecule has 1 saturated heterocycles. The van der Waals surface area contributed by atoms with Gasteiger partial charge in [-0.2, -0.15) is 0 Å². The Morgan fingerprint density at radius 2 is 2.33 bits per heavy atom. The van der Waals surface area contributed by atoms with E-state index in [9.17, 15) is 4.79 Å². The van der Waals surface area contributed by atoms with Crippen LogP contribution in [0.15, 0.2) is 5.38 Å². The Balaban J connectivity index is 1.49. The minimum Gasteiger partial charge on any atom is -0.375 e. The number of hydrogen-bond acceptors (Lipinski definition) is 6. The molecule has 24 heavy (non-hydrogen) atoms. The molecule has 0 radical (unpaired) electrons. The van der Waals surface area contributed by atoms with Crippen molar-refractivity contribution in [3.63, 3.8) is 0 Å². The van der Waals surface area contributed by atoms with E-state index < -0.39 is 0 Å². The molecule has 0 bridgehead atoms. The predicted molar refractivity (Wildman–Crippen MR) is 93.0 cm³/mol. The molecule has 3 rings (SSSR count). The van der Waals surface area contributed by atoms with Gasteiger partial charge in [-0.1, -0.05) is 0 Å². The molecule has 1 aromatic rings. The lowest BCUT2D eigenvalue weighted by molar-refractivity contribution is -0.144. The molecule has 1 amide bonds. The van der Waals surface area contributed by atoms with Gasteiger partial charge in [0.15, 0.2) is 0 Å². The third-order valence-electron chi connectivity index (χ3n) is 4.68. The van der Waals surface area contributed by atoms with Gasteiger partial charge >= 0.3 is 0 Å². The number of fused-ring (bicyclic) bond motifs is 1. The highest BCUT2D eigenvalue weighted by Crippen LogP contribution is 2.34. The van der Waals surface area contributed by atoms with Crippen molar-refractivity contribution in [2.75, 3.05) is 40.4 Å². The number of nitrogens with zero attached hydrogens (tertiary/aromatic N) is 3. The van der Waals surface area contributed by atoms with E-state index >= 15 is 0 Å². The molecule has 0 N–H and O–H groups in total. The Hall–Kier alpha value is -1.02. The molecule has 134 valence electrons. The van der Waals surface area contributed by atoms with Gasteiger partial charge < -0.3 is 19.3 Å². The molecular formula is C17H27N3O3S. The Bertz CT molecular complexity index is 563. The van der Waals surface area contributed by atoms with Crippen molar-refractivity contribution in [1.29, 1.82) is 0 Å². The van der Waals surface area contributed by atoms with Gasteiger partial charge in [0.05, 0.1) is 49.2 Å². The van der Waals surface area contributed by atoms with Crippen LogP contribution in [0.4, 0.5) is 0 Å². The van der Waals surface area contributed by atoms with Gasteiger partial charge in [0.25, 0.3) is 0 Å². The standard InChI is InChI=1S/C17H27N3O3S/c1-12-18-14(11-24-12)10-22-9-13-6-15-16(7-13)23-5-4-20(15)17(21)8-19(2)3/h11,13,15-16H,4-10H2,1-3H3/t13?,15-,16-/m1/s1. The number of aromatic nitrogens is 1. The predicted octanol–water partition coefficient (Wildman–Crippen LogP) is 1.54. The fourth-order valence-corrected chi connectivity index (χ4v) is 4.26. The van der Waals surface area contributed by atoms with Crippen molar-refractivity contribution < 1.29 is 14.3 Å². The number of carbonyl (C=O) groups is 1. The molecule has 2 aliphatic rings. The SMILES string of the molecule is Cc1nc(COCC2C[C@@H]3[C@@H](C2)OCCN3C(=O)CN(C)C)cs1. The molecule has 2 fully saturated rings. The van der Waals surface area contributed by atoms with Crippen molar-refractivity contribution >= 4 is 17.2 Å². The monoisotopic (exact) mass is 353 g/mol. The molecule has 3 atom stereocenters. The van der Waals surface area contributed by atoms with Crippen LogP contribution in [-0.4, -0.2) is 73.2 Å². The molecule has 7 heteroatoms. The van der Waals surface area contributed by atoms with Crippen LogP contribution in [0.1, 0.15) is 23.5 Å². The van der Waals surface area contributed by atoms with E-state index in [1.165, 1.54) is 0 Å². The number of hydrogen-bond donors (Lipinski definition) is 0. The van der Waals surface area contributed by atoms with Gasteiger partial charge in [0.2, 0.25) is 5.91 Å². The Kier molecular flexibility index (Phi) is 5.86. The Morgan fingerprint density at radius 3 is 3.04 bits per heavy atom. The summed E-state index contributed by atoms with van der Waals surface area (Å²) >= 11 is 1.65. The zero-order chi connectivity index (χ0) is 17.1. The van der Waals surface area contributed by atoms with Crippen LogP contribution >= 0.6 is 11.3 Å². The summed E-state index contributed by atoms with van der Waals surface area (Å²) in [5, 5.41) is 3.12. The molecule has 1 aliphatic heterocycles. The lowest BCUT2D eigenvalue weighted by Gasteiger charge is -2.38. The van der Waals surface area contributed by atoms with Crippen LogP contribution in [0.3, 0.4) is 0 Å². The molecule has 0 aromatic carbocycles. The number of likely N-dealkylation sites (N-methyl/N-ethyl adjacent to an activating group) is 1. The summed E-state index contributed by atoms with van der Waals surface area (Å²) in [6.45, 7) is 5.11. The third-order valence-corrected chi connectivity index (χ3v) is 5.50. The number of ether oxygens (including phenoxy) is 2. The molecule has 1 unspecified atom stereocenters. The average Bonchev–Trinajstić information content (AvgIpc) is 3.11. The van der Waals surface area contributed by atoms with Crippen LogP contribution in [0, 0.1) is 12.8 Å². The number of amides is 1. The topological polar surface area (TPSA) is 54.9 Å². The minimum atomic E-state index is 0.167. The zero-order valence-electron chi connectivity index (χ0n) is 14.7. The Labute approximate surface area is 147 Å². The van der Waals surface area contributed by atoms with Gasteiger partial charge in [-0.05, 0) is 39.8 Å². The van der Waals surface area contributed by atoms with Crippen LogP contribution in [0.2, 0.25) is 0 Å². The first kappa shape index (κ1) is 17.8. The van der Waals surface area contributed by atoms with Crippen LogP contribution < -0.4 is 0 Å². The van der Waals surface area contributed by atoms with Crippen molar-refractivity contribution in [3.05, 3.63) is 16.1 Å². The first-order valence-electron chi connectivity index (χ1n) is 8.57. The van der Waals surface area contributed by atoms with Gasteiger partial charge in [-0.3, -0.25) is 4.79 Å². The summed E-state index contributed by atoms with van der Waals surface area (Å²) in [7, 11) is 3.86.